The molecule has 146 valence electrons. The third-order valence-corrected chi connectivity index (χ3v) is 5.66. The molecular formula is C21H21ClN2O3S. The Kier molecular flexibility index (Phi) is 6.42. The molecule has 0 saturated carbocycles. The van der Waals surface area contributed by atoms with Gasteiger partial charge in [0.1, 0.15) is 6.04 Å². The molecule has 0 aliphatic carbocycles. The minimum absolute atomic E-state index is 0.281. The minimum atomic E-state index is -0.852. The Bertz CT molecular complexity index is 866. The van der Waals surface area contributed by atoms with Crippen molar-refractivity contribution in [3.63, 3.8) is 0 Å². The van der Waals surface area contributed by atoms with Gasteiger partial charge in [-0.15, -0.1) is 0 Å². The summed E-state index contributed by atoms with van der Waals surface area (Å²) in [4.78, 5) is 39.8. The van der Waals surface area contributed by atoms with Gasteiger partial charge in [-0.25, -0.2) is 0 Å². The van der Waals surface area contributed by atoms with E-state index in [-0.39, 0.29) is 11.9 Å². The van der Waals surface area contributed by atoms with Crippen LogP contribution in [0.1, 0.15) is 45.7 Å². The molecule has 0 bridgehead atoms. The van der Waals surface area contributed by atoms with E-state index >= 15 is 0 Å². The van der Waals surface area contributed by atoms with Crippen LogP contribution in [0.15, 0.2) is 48.5 Å². The predicted octanol–water partition coefficient (Wildman–Crippen LogP) is 3.94. The van der Waals surface area contributed by atoms with Crippen molar-refractivity contribution in [2.75, 3.05) is 12.0 Å². The molecule has 7 heteroatoms. The molecule has 0 radical (unpaired) electrons. The predicted molar refractivity (Wildman–Crippen MR) is 112 cm³/mol. The number of nitrogens with zero attached hydrogens (tertiary/aromatic N) is 1. The number of fused-ring (bicyclic) bond motifs is 1. The van der Waals surface area contributed by atoms with Crippen molar-refractivity contribution in [2.45, 2.75) is 25.4 Å². The fraction of sp³-hybridized carbons (Fsp3) is 0.286. The van der Waals surface area contributed by atoms with Gasteiger partial charge in [-0.3, -0.25) is 19.3 Å². The zero-order valence-electron chi connectivity index (χ0n) is 15.6. The molecule has 5 nitrogen and oxygen atoms in total. The summed E-state index contributed by atoms with van der Waals surface area (Å²) in [6.07, 6.45) is 2.32. The number of nitrogens with one attached hydrogen (secondary N) is 1. The van der Waals surface area contributed by atoms with Crippen molar-refractivity contribution in [1.29, 1.82) is 0 Å². The molecule has 2 aromatic rings. The summed E-state index contributed by atoms with van der Waals surface area (Å²) in [5.41, 5.74) is 1.59. The normalized spacial score (nSPS) is 15.3. The summed E-state index contributed by atoms with van der Waals surface area (Å²) in [7, 11) is 0. The van der Waals surface area contributed by atoms with E-state index in [1.54, 1.807) is 48.2 Å². The van der Waals surface area contributed by atoms with Crippen LogP contribution < -0.4 is 5.32 Å². The highest BCUT2D eigenvalue weighted by atomic mass is 35.5. The average Bonchev–Trinajstić information content (AvgIpc) is 2.94. The summed E-state index contributed by atoms with van der Waals surface area (Å²) in [6, 6.07) is 12.7. The lowest BCUT2D eigenvalue weighted by atomic mass is 10.1. The van der Waals surface area contributed by atoms with Gasteiger partial charge in [-0.1, -0.05) is 35.9 Å². The van der Waals surface area contributed by atoms with E-state index in [4.69, 9.17) is 11.6 Å². The summed E-state index contributed by atoms with van der Waals surface area (Å²) in [5, 5.41) is 3.55. The van der Waals surface area contributed by atoms with Crippen LogP contribution in [-0.4, -0.2) is 40.7 Å². The third-order valence-electron chi connectivity index (χ3n) is 4.76. The topological polar surface area (TPSA) is 66.5 Å². The van der Waals surface area contributed by atoms with E-state index in [0.717, 1.165) is 10.5 Å². The Morgan fingerprint density at radius 1 is 1.07 bits per heavy atom. The maximum absolute atomic E-state index is 13.0. The average molecular weight is 417 g/mol. The number of benzene rings is 2. The van der Waals surface area contributed by atoms with Crippen molar-refractivity contribution < 1.29 is 14.4 Å². The standard InChI is InChI=1S/C21H21ClN2O3S/c1-13(14-7-9-15(22)10-8-14)23-19(25)18(11-12-28-2)24-20(26)16-5-3-4-6-17(16)21(24)27/h3-10,13,18H,11-12H2,1-2H3,(H,23,25)/t13-,18+/m1/s1. The summed E-state index contributed by atoms with van der Waals surface area (Å²) >= 11 is 7.49. The molecule has 0 aromatic heterocycles. The van der Waals surface area contributed by atoms with Gasteiger partial charge >= 0.3 is 0 Å². The van der Waals surface area contributed by atoms with Gasteiger partial charge in [0.2, 0.25) is 5.91 Å². The van der Waals surface area contributed by atoms with Crippen LogP contribution in [0.4, 0.5) is 0 Å². The number of carbonyl (C=O) groups excluding carboxylic acids is 3. The quantitative estimate of drug-likeness (QED) is 0.694. The van der Waals surface area contributed by atoms with Crippen LogP contribution >= 0.6 is 23.4 Å². The molecule has 1 aliphatic rings. The summed E-state index contributed by atoms with van der Waals surface area (Å²) in [6.45, 7) is 1.86. The molecule has 2 atom stereocenters. The van der Waals surface area contributed by atoms with Gasteiger partial charge in [0.15, 0.2) is 0 Å². The van der Waals surface area contributed by atoms with Gasteiger partial charge in [-0.2, -0.15) is 11.8 Å². The van der Waals surface area contributed by atoms with E-state index in [1.807, 2.05) is 25.3 Å². The third kappa shape index (κ3) is 4.08. The maximum Gasteiger partial charge on any atom is 0.262 e. The second kappa shape index (κ2) is 8.80. The van der Waals surface area contributed by atoms with E-state index in [2.05, 4.69) is 5.32 Å². The second-order valence-electron chi connectivity index (χ2n) is 6.60. The molecular weight excluding hydrogens is 396 g/mol. The van der Waals surface area contributed by atoms with Gasteiger partial charge in [0.25, 0.3) is 11.8 Å². The van der Waals surface area contributed by atoms with Crippen LogP contribution in [0.25, 0.3) is 0 Å². The Balaban J connectivity index is 1.82. The minimum Gasteiger partial charge on any atom is -0.348 e. The molecule has 0 fully saturated rings. The Labute approximate surface area is 173 Å². The number of imide groups is 1. The molecule has 1 heterocycles. The number of amides is 3. The first-order valence-electron chi connectivity index (χ1n) is 8.95. The van der Waals surface area contributed by atoms with Crippen LogP contribution in [0.2, 0.25) is 5.02 Å². The highest BCUT2D eigenvalue weighted by Crippen LogP contribution is 2.27. The smallest absolute Gasteiger partial charge is 0.262 e. The van der Waals surface area contributed by atoms with Crippen molar-refractivity contribution in [2.24, 2.45) is 0 Å². The van der Waals surface area contributed by atoms with Crippen LogP contribution in [0, 0.1) is 0 Å². The lowest BCUT2D eigenvalue weighted by molar-refractivity contribution is -0.125. The van der Waals surface area contributed by atoms with Crippen molar-refractivity contribution in [1.82, 2.24) is 10.2 Å². The number of halogens is 1. The van der Waals surface area contributed by atoms with Gasteiger partial charge in [0.05, 0.1) is 17.2 Å². The highest BCUT2D eigenvalue weighted by Gasteiger charge is 2.42. The Morgan fingerprint density at radius 3 is 2.18 bits per heavy atom. The molecule has 0 spiro atoms. The lowest BCUT2D eigenvalue weighted by Gasteiger charge is -2.27. The SMILES string of the molecule is CSCC[C@@H](C(=O)N[C@H](C)c1ccc(Cl)cc1)N1C(=O)c2ccccc2C1=O. The van der Waals surface area contributed by atoms with Crippen molar-refractivity contribution in [3.05, 3.63) is 70.2 Å². The first kappa shape index (κ1) is 20.4. The van der Waals surface area contributed by atoms with E-state index in [9.17, 15) is 14.4 Å². The summed E-state index contributed by atoms with van der Waals surface area (Å²) < 4.78 is 0. The van der Waals surface area contributed by atoms with Crippen molar-refractivity contribution >= 4 is 41.1 Å². The van der Waals surface area contributed by atoms with E-state index in [1.165, 1.54) is 0 Å². The van der Waals surface area contributed by atoms with E-state index in [0.29, 0.717) is 28.3 Å². The fourth-order valence-corrected chi connectivity index (χ4v) is 3.83. The van der Waals surface area contributed by atoms with Gasteiger partial charge < -0.3 is 5.32 Å². The maximum atomic E-state index is 13.0. The zero-order chi connectivity index (χ0) is 20.3. The molecule has 1 N–H and O–H groups in total. The Morgan fingerprint density at radius 2 is 1.64 bits per heavy atom. The molecule has 0 saturated heterocycles. The lowest BCUT2D eigenvalue weighted by Crippen LogP contribution is -2.50. The fourth-order valence-electron chi connectivity index (χ4n) is 3.24. The van der Waals surface area contributed by atoms with Crippen LogP contribution in [-0.2, 0) is 4.79 Å². The molecule has 3 amide bonds. The number of rotatable bonds is 7. The van der Waals surface area contributed by atoms with Gasteiger partial charge in [0, 0.05) is 5.02 Å². The first-order valence-corrected chi connectivity index (χ1v) is 10.7. The number of hydrogen-bond acceptors (Lipinski definition) is 4. The summed E-state index contributed by atoms with van der Waals surface area (Å²) in [5.74, 6) is -0.520. The van der Waals surface area contributed by atoms with Crippen molar-refractivity contribution in [3.8, 4) is 0 Å². The van der Waals surface area contributed by atoms with Crippen LogP contribution in [0.3, 0.4) is 0 Å². The molecule has 0 unspecified atom stereocenters. The molecule has 2 aromatic carbocycles. The second-order valence-corrected chi connectivity index (χ2v) is 8.03. The van der Waals surface area contributed by atoms with Gasteiger partial charge in [-0.05, 0) is 55.2 Å². The number of carbonyl (C=O) groups is 3. The molecule has 28 heavy (non-hydrogen) atoms. The zero-order valence-corrected chi connectivity index (χ0v) is 17.2. The van der Waals surface area contributed by atoms with Crippen LogP contribution in [0.5, 0.6) is 0 Å². The van der Waals surface area contributed by atoms with E-state index < -0.39 is 17.9 Å². The number of hydrogen-bond donors (Lipinski definition) is 1. The monoisotopic (exact) mass is 416 g/mol. The Hall–Kier alpha value is -2.31. The molecule has 1 aliphatic heterocycles. The molecule has 3 rings (SSSR count). The first-order chi connectivity index (χ1) is 13.4. The highest BCUT2D eigenvalue weighted by molar-refractivity contribution is 7.98. The largest absolute Gasteiger partial charge is 0.348 e. The number of thioether (sulfide) groups is 1.